The monoisotopic (exact) mass is 283 g/mol. The van der Waals surface area contributed by atoms with E-state index in [1.165, 1.54) is 41.6 Å². The van der Waals surface area contributed by atoms with Crippen LogP contribution in [-0.2, 0) is 6.54 Å². The maximum Gasteiger partial charge on any atom is 0.185 e. The summed E-state index contributed by atoms with van der Waals surface area (Å²) in [5.74, 6) is 1.24. The van der Waals surface area contributed by atoms with E-state index in [4.69, 9.17) is 0 Å². The molecule has 100 valence electrons. The molecular formula is C13H21N3S2. The Morgan fingerprint density at radius 1 is 1.50 bits per heavy atom. The normalized spacial score (nSPS) is 24.5. The molecule has 18 heavy (non-hydrogen) atoms. The first-order valence-electron chi connectivity index (χ1n) is 6.90. The maximum atomic E-state index is 4.60. The van der Waals surface area contributed by atoms with Crippen LogP contribution in [0, 0.1) is 0 Å². The number of rotatable bonds is 5. The lowest BCUT2D eigenvalue weighted by Crippen LogP contribution is -2.37. The number of hydrogen-bond donors (Lipinski definition) is 1. The quantitative estimate of drug-likeness (QED) is 0.899. The first-order chi connectivity index (χ1) is 8.85. The van der Waals surface area contributed by atoms with Crippen molar-refractivity contribution in [2.45, 2.75) is 44.0 Å². The predicted molar refractivity (Wildman–Crippen MR) is 80.7 cm³/mol. The average Bonchev–Trinajstić information content (AvgIpc) is 3.13. The smallest absolute Gasteiger partial charge is 0.185 e. The third-order valence-electron chi connectivity index (χ3n) is 3.55. The van der Waals surface area contributed by atoms with Gasteiger partial charge in [-0.1, -0.05) is 6.92 Å². The van der Waals surface area contributed by atoms with Gasteiger partial charge in [0.1, 0.15) is 0 Å². The van der Waals surface area contributed by atoms with Crippen molar-refractivity contribution in [2.75, 3.05) is 23.7 Å². The molecule has 1 atom stereocenters. The zero-order valence-corrected chi connectivity index (χ0v) is 12.5. The molecule has 1 unspecified atom stereocenters. The van der Waals surface area contributed by atoms with Gasteiger partial charge in [0, 0.05) is 47.8 Å². The Bertz CT molecular complexity index is 389. The first kappa shape index (κ1) is 12.8. The number of thioether (sulfide) groups is 1. The Labute approximate surface area is 117 Å². The van der Waals surface area contributed by atoms with Crippen LogP contribution in [0.5, 0.6) is 0 Å². The minimum atomic E-state index is 0.784. The van der Waals surface area contributed by atoms with Crippen molar-refractivity contribution in [3.8, 4) is 0 Å². The topological polar surface area (TPSA) is 28.2 Å². The minimum absolute atomic E-state index is 0.784. The van der Waals surface area contributed by atoms with Gasteiger partial charge in [0.05, 0.1) is 0 Å². The first-order valence-corrected chi connectivity index (χ1v) is 8.76. The number of thiazole rings is 1. The molecule has 0 radical (unpaired) electrons. The molecule has 3 nitrogen and oxygen atoms in total. The van der Waals surface area contributed by atoms with Crippen molar-refractivity contribution in [2.24, 2.45) is 0 Å². The summed E-state index contributed by atoms with van der Waals surface area (Å²) < 4.78 is 0. The summed E-state index contributed by atoms with van der Waals surface area (Å²) in [5.41, 5.74) is 0. The van der Waals surface area contributed by atoms with Crippen molar-refractivity contribution in [3.05, 3.63) is 11.1 Å². The van der Waals surface area contributed by atoms with Gasteiger partial charge in [-0.3, -0.25) is 0 Å². The molecule has 1 aromatic heterocycles. The molecule has 5 heteroatoms. The van der Waals surface area contributed by atoms with E-state index in [9.17, 15) is 0 Å². The maximum absolute atomic E-state index is 4.60. The largest absolute Gasteiger partial charge is 0.346 e. The van der Waals surface area contributed by atoms with Gasteiger partial charge in [0.2, 0.25) is 0 Å². The van der Waals surface area contributed by atoms with E-state index in [2.05, 4.69) is 40.1 Å². The van der Waals surface area contributed by atoms with E-state index in [0.717, 1.165) is 24.4 Å². The summed E-state index contributed by atoms with van der Waals surface area (Å²) in [6, 6.07) is 0.784. The standard InChI is InChI=1S/C13H21N3S2/c1-2-11-9-16(5-6-17-11)13-15-8-12(18-13)7-14-10-3-4-10/h8,10-11,14H,2-7,9H2,1H3. The molecule has 1 saturated heterocycles. The van der Waals surface area contributed by atoms with Gasteiger partial charge in [0.15, 0.2) is 5.13 Å². The van der Waals surface area contributed by atoms with Crippen LogP contribution in [-0.4, -0.2) is 35.1 Å². The Balaban J connectivity index is 1.57. The van der Waals surface area contributed by atoms with Gasteiger partial charge in [-0.25, -0.2) is 4.98 Å². The average molecular weight is 283 g/mol. The van der Waals surface area contributed by atoms with Crippen LogP contribution in [0.1, 0.15) is 31.1 Å². The minimum Gasteiger partial charge on any atom is -0.346 e. The second-order valence-corrected chi connectivity index (χ2v) is 7.61. The lowest BCUT2D eigenvalue weighted by atomic mass is 10.3. The molecular weight excluding hydrogens is 262 g/mol. The highest BCUT2D eigenvalue weighted by molar-refractivity contribution is 8.00. The van der Waals surface area contributed by atoms with Crippen LogP contribution in [0.3, 0.4) is 0 Å². The lowest BCUT2D eigenvalue weighted by molar-refractivity contribution is 0.694. The van der Waals surface area contributed by atoms with Crippen molar-refractivity contribution in [1.29, 1.82) is 0 Å². The van der Waals surface area contributed by atoms with Crippen LogP contribution < -0.4 is 10.2 Å². The summed E-state index contributed by atoms with van der Waals surface area (Å²) in [5, 5.41) is 5.57. The second-order valence-electron chi connectivity index (χ2n) is 5.11. The summed E-state index contributed by atoms with van der Waals surface area (Å²) in [6.07, 6.45) is 6.03. The highest BCUT2D eigenvalue weighted by Gasteiger charge is 2.22. The lowest BCUT2D eigenvalue weighted by Gasteiger charge is -2.31. The molecule has 2 fully saturated rings. The molecule has 0 amide bonds. The van der Waals surface area contributed by atoms with Gasteiger partial charge in [-0.05, 0) is 19.3 Å². The molecule has 1 N–H and O–H groups in total. The highest BCUT2D eigenvalue weighted by Crippen LogP contribution is 2.29. The second kappa shape index (κ2) is 5.80. The fourth-order valence-corrected chi connectivity index (χ4v) is 4.27. The van der Waals surface area contributed by atoms with E-state index < -0.39 is 0 Å². The highest BCUT2D eigenvalue weighted by atomic mass is 32.2. The summed E-state index contributed by atoms with van der Waals surface area (Å²) in [6.45, 7) is 5.62. The van der Waals surface area contributed by atoms with Crippen LogP contribution >= 0.6 is 23.1 Å². The molecule has 1 saturated carbocycles. The molecule has 1 aromatic rings. The molecule has 0 aromatic carbocycles. The zero-order chi connectivity index (χ0) is 12.4. The molecule has 3 rings (SSSR count). The van der Waals surface area contributed by atoms with Gasteiger partial charge in [-0.15, -0.1) is 11.3 Å². The van der Waals surface area contributed by atoms with E-state index in [1.54, 1.807) is 0 Å². The van der Waals surface area contributed by atoms with E-state index in [1.807, 2.05) is 11.3 Å². The Hall–Kier alpha value is -0.260. The van der Waals surface area contributed by atoms with Gasteiger partial charge >= 0.3 is 0 Å². The van der Waals surface area contributed by atoms with E-state index in [0.29, 0.717) is 0 Å². The summed E-state index contributed by atoms with van der Waals surface area (Å²) in [7, 11) is 0. The summed E-state index contributed by atoms with van der Waals surface area (Å²) in [4.78, 5) is 8.45. The van der Waals surface area contributed by atoms with Crippen molar-refractivity contribution >= 4 is 28.2 Å². The van der Waals surface area contributed by atoms with Crippen LogP contribution in [0.4, 0.5) is 5.13 Å². The number of nitrogens with one attached hydrogen (secondary N) is 1. The van der Waals surface area contributed by atoms with E-state index >= 15 is 0 Å². The van der Waals surface area contributed by atoms with Crippen LogP contribution in [0.25, 0.3) is 0 Å². The fourth-order valence-electron chi connectivity index (χ4n) is 2.20. The van der Waals surface area contributed by atoms with Crippen molar-refractivity contribution in [1.82, 2.24) is 10.3 Å². The van der Waals surface area contributed by atoms with Crippen LogP contribution in [0.2, 0.25) is 0 Å². The Morgan fingerprint density at radius 3 is 3.17 bits per heavy atom. The van der Waals surface area contributed by atoms with Gasteiger partial charge < -0.3 is 10.2 Å². The Morgan fingerprint density at radius 2 is 2.39 bits per heavy atom. The third-order valence-corrected chi connectivity index (χ3v) is 5.98. The van der Waals surface area contributed by atoms with Crippen molar-refractivity contribution in [3.63, 3.8) is 0 Å². The number of nitrogens with zero attached hydrogens (tertiary/aromatic N) is 2. The third kappa shape index (κ3) is 3.19. The molecule has 2 aliphatic rings. The van der Waals surface area contributed by atoms with Crippen LogP contribution in [0.15, 0.2) is 6.20 Å². The fraction of sp³-hybridized carbons (Fsp3) is 0.769. The predicted octanol–water partition coefficient (Wildman–Crippen LogP) is 2.73. The molecule has 2 heterocycles. The SMILES string of the molecule is CCC1CN(c2ncc(CNC3CC3)s2)CCS1. The molecule has 1 aliphatic carbocycles. The molecule has 1 aliphatic heterocycles. The Kier molecular flexibility index (Phi) is 4.11. The van der Waals surface area contributed by atoms with Gasteiger partial charge in [-0.2, -0.15) is 11.8 Å². The van der Waals surface area contributed by atoms with Gasteiger partial charge in [0.25, 0.3) is 0 Å². The number of anilines is 1. The zero-order valence-electron chi connectivity index (χ0n) is 10.9. The van der Waals surface area contributed by atoms with Crippen molar-refractivity contribution < 1.29 is 0 Å². The molecule has 0 bridgehead atoms. The number of hydrogen-bond acceptors (Lipinski definition) is 5. The number of aromatic nitrogens is 1. The molecule has 0 spiro atoms. The summed E-state index contributed by atoms with van der Waals surface area (Å²) >= 11 is 3.98. The van der Waals surface area contributed by atoms with E-state index in [-0.39, 0.29) is 0 Å².